The van der Waals surface area contributed by atoms with Gasteiger partial charge in [0.2, 0.25) is 5.91 Å². The zero-order valence-electron chi connectivity index (χ0n) is 12.8. The summed E-state index contributed by atoms with van der Waals surface area (Å²) in [7, 11) is 0. The first-order valence-corrected chi connectivity index (χ1v) is 7.86. The van der Waals surface area contributed by atoms with E-state index >= 15 is 0 Å². The van der Waals surface area contributed by atoms with Gasteiger partial charge in [0.15, 0.2) is 0 Å². The van der Waals surface area contributed by atoms with Crippen LogP contribution in [0.5, 0.6) is 0 Å². The Balaban J connectivity index is 1.64. The first kappa shape index (κ1) is 15.8. The number of carbonyl (C=O) groups is 1. The van der Waals surface area contributed by atoms with Crippen LogP contribution in [0.1, 0.15) is 32.6 Å². The number of carbonyl (C=O) groups excluding carboxylic acids is 1. The number of nitrogens with zero attached hydrogens (tertiary/aromatic N) is 2. The number of aromatic nitrogens is 1. The summed E-state index contributed by atoms with van der Waals surface area (Å²) in [6, 6.07) is 5.39. The molecule has 1 aliphatic rings. The van der Waals surface area contributed by atoms with Gasteiger partial charge in [0.25, 0.3) is 0 Å². The SMILES string of the molecule is CC1CCN(C(=O)C(N)CCCNc2ccccn2)CC1. The van der Waals surface area contributed by atoms with E-state index in [2.05, 4.69) is 17.2 Å². The molecule has 1 aromatic heterocycles. The van der Waals surface area contributed by atoms with E-state index in [-0.39, 0.29) is 11.9 Å². The van der Waals surface area contributed by atoms with Crippen molar-refractivity contribution < 1.29 is 4.79 Å². The molecule has 5 nitrogen and oxygen atoms in total. The summed E-state index contributed by atoms with van der Waals surface area (Å²) < 4.78 is 0. The van der Waals surface area contributed by atoms with Crippen molar-refractivity contribution in [2.75, 3.05) is 25.0 Å². The van der Waals surface area contributed by atoms with E-state index in [1.807, 2.05) is 23.1 Å². The summed E-state index contributed by atoms with van der Waals surface area (Å²) in [6.45, 7) is 4.75. The minimum Gasteiger partial charge on any atom is -0.370 e. The van der Waals surface area contributed by atoms with Crippen molar-refractivity contribution in [2.24, 2.45) is 11.7 Å². The van der Waals surface area contributed by atoms with Crippen molar-refractivity contribution in [2.45, 2.75) is 38.6 Å². The molecule has 1 atom stereocenters. The third kappa shape index (κ3) is 5.01. The van der Waals surface area contributed by atoms with Gasteiger partial charge in [-0.05, 0) is 43.7 Å². The van der Waals surface area contributed by atoms with Gasteiger partial charge in [-0.2, -0.15) is 0 Å². The van der Waals surface area contributed by atoms with Crippen LogP contribution in [0.25, 0.3) is 0 Å². The largest absolute Gasteiger partial charge is 0.370 e. The highest BCUT2D eigenvalue weighted by atomic mass is 16.2. The van der Waals surface area contributed by atoms with Gasteiger partial charge < -0.3 is 16.0 Å². The van der Waals surface area contributed by atoms with Crippen LogP contribution in [-0.4, -0.2) is 41.5 Å². The lowest BCUT2D eigenvalue weighted by Gasteiger charge is -2.32. The summed E-state index contributed by atoms with van der Waals surface area (Å²) in [5.41, 5.74) is 6.03. The molecule has 2 heterocycles. The van der Waals surface area contributed by atoms with Gasteiger partial charge >= 0.3 is 0 Å². The molecule has 1 saturated heterocycles. The third-order valence-electron chi connectivity index (χ3n) is 4.08. The molecule has 0 aliphatic carbocycles. The van der Waals surface area contributed by atoms with Gasteiger partial charge in [0, 0.05) is 25.8 Å². The molecule has 1 amide bonds. The van der Waals surface area contributed by atoms with Crippen LogP contribution in [0.2, 0.25) is 0 Å². The molecule has 2 rings (SSSR count). The fraction of sp³-hybridized carbons (Fsp3) is 0.625. The summed E-state index contributed by atoms with van der Waals surface area (Å²) in [5.74, 6) is 1.70. The maximum Gasteiger partial charge on any atom is 0.239 e. The molecule has 1 fully saturated rings. The maximum absolute atomic E-state index is 12.2. The zero-order valence-corrected chi connectivity index (χ0v) is 12.8. The van der Waals surface area contributed by atoms with Crippen molar-refractivity contribution in [3.8, 4) is 0 Å². The second-order valence-corrected chi connectivity index (χ2v) is 5.90. The van der Waals surface area contributed by atoms with Crippen LogP contribution >= 0.6 is 0 Å². The monoisotopic (exact) mass is 290 g/mol. The van der Waals surface area contributed by atoms with Crippen molar-refractivity contribution >= 4 is 11.7 Å². The normalized spacial score (nSPS) is 17.5. The second kappa shape index (κ2) is 7.98. The van der Waals surface area contributed by atoms with Gasteiger partial charge in [-0.3, -0.25) is 4.79 Å². The fourth-order valence-corrected chi connectivity index (χ4v) is 2.59. The number of rotatable bonds is 6. The number of anilines is 1. The van der Waals surface area contributed by atoms with E-state index in [9.17, 15) is 4.79 Å². The van der Waals surface area contributed by atoms with Crippen molar-refractivity contribution in [1.82, 2.24) is 9.88 Å². The standard InChI is InChI=1S/C16H26N4O/c1-13-7-11-20(12-8-13)16(21)14(17)5-4-10-19-15-6-2-3-9-18-15/h2-3,6,9,13-14H,4-5,7-8,10-12,17H2,1H3,(H,18,19). The zero-order chi connectivity index (χ0) is 15.1. The highest BCUT2D eigenvalue weighted by molar-refractivity contribution is 5.81. The lowest BCUT2D eigenvalue weighted by atomic mass is 9.98. The van der Waals surface area contributed by atoms with Gasteiger partial charge in [0.05, 0.1) is 6.04 Å². The number of hydrogen-bond donors (Lipinski definition) is 2. The Kier molecular flexibility index (Phi) is 5.99. The molecule has 0 spiro atoms. The van der Waals surface area contributed by atoms with Crippen LogP contribution in [0.3, 0.4) is 0 Å². The van der Waals surface area contributed by atoms with Crippen LogP contribution in [0.15, 0.2) is 24.4 Å². The van der Waals surface area contributed by atoms with E-state index in [1.54, 1.807) is 6.20 Å². The first-order chi connectivity index (χ1) is 10.2. The summed E-state index contributed by atoms with van der Waals surface area (Å²) in [5, 5.41) is 3.23. The van der Waals surface area contributed by atoms with Crippen LogP contribution in [0, 0.1) is 5.92 Å². The minimum absolute atomic E-state index is 0.111. The molecule has 21 heavy (non-hydrogen) atoms. The fourth-order valence-electron chi connectivity index (χ4n) is 2.59. The smallest absolute Gasteiger partial charge is 0.239 e. The molecule has 0 saturated carbocycles. The molecule has 1 aromatic rings. The predicted octanol–water partition coefficient (Wildman–Crippen LogP) is 1.86. The Bertz CT molecular complexity index is 429. The first-order valence-electron chi connectivity index (χ1n) is 7.86. The quantitative estimate of drug-likeness (QED) is 0.785. The summed E-state index contributed by atoms with van der Waals surface area (Å²) in [6.07, 6.45) is 5.53. The van der Waals surface area contributed by atoms with Gasteiger partial charge in [0.1, 0.15) is 5.82 Å². The van der Waals surface area contributed by atoms with Crippen molar-refractivity contribution in [3.63, 3.8) is 0 Å². The average molecular weight is 290 g/mol. The second-order valence-electron chi connectivity index (χ2n) is 5.90. The van der Waals surface area contributed by atoms with E-state index in [4.69, 9.17) is 5.73 Å². The molecule has 116 valence electrons. The lowest BCUT2D eigenvalue weighted by Crippen LogP contribution is -2.47. The molecule has 3 N–H and O–H groups in total. The Morgan fingerprint density at radius 2 is 2.24 bits per heavy atom. The van der Waals surface area contributed by atoms with E-state index in [0.29, 0.717) is 6.42 Å². The highest BCUT2D eigenvalue weighted by Crippen LogP contribution is 2.17. The molecular weight excluding hydrogens is 264 g/mol. The van der Waals surface area contributed by atoms with Crippen molar-refractivity contribution in [1.29, 1.82) is 0 Å². The van der Waals surface area contributed by atoms with Gasteiger partial charge in [-0.15, -0.1) is 0 Å². The molecule has 0 aromatic carbocycles. The highest BCUT2D eigenvalue weighted by Gasteiger charge is 2.24. The lowest BCUT2D eigenvalue weighted by molar-refractivity contribution is -0.134. The Morgan fingerprint density at radius 1 is 1.48 bits per heavy atom. The van der Waals surface area contributed by atoms with Crippen molar-refractivity contribution in [3.05, 3.63) is 24.4 Å². The van der Waals surface area contributed by atoms with Gasteiger partial charge in [-0.1, -0.05) is 13.0 Å². The summed E-state index contributed by atoms with van der Waals surface area (Å²) in [4.78, 5) is 18.4. The minimum atomic E-state index is -0.371. The van der Waals surface area contributed by atoms with Crippen LogP contribution < -0.4 is 11.1 Å². The van der Waals surface area contributed by atoms with Gasteiger partial charge in [-0.25, -0.2) is 4.98 Å². The topological polar surface area (TPSA) is 71.2 Å². The number of amides is 1. The molecule has 1 unspecified atom stereocenters. The number of nitrogens with one attached hydrogen (secondary N) is 1. The Hall–Kier alpha value is -1.62. The molecule has 0 bridgehead atoms. The predicted molar refractivity (Wildman–Crippen MR) is 84.9 cm³/mol. The number of piperidine rings is 1. The molecule has 5 heteroatoms. The molecule has 1 aliphatic heterocycles. The van der Waals surface area contributed by atoms with E-state index in [1.165, 1.54) is 0 Å². The Morgan fingerprint density at radius 3 is 2.90 bits per heavy atom. The maximum atomic E-state index is 12.2. The molecule has 0 radical (unpaired) electrons. The third-order valence-corrected chi connectivity index (χ3v) is 4.08. The number of pyridine rings is 1. The average Bonchev–Trinajstić information content (AvgIpc) is 2.52. The molecular formula is C16H26N4O. The number of nitrogens with two attached hydrogens (primary N) is 1. The van der Waals surface area contributed by atoms with Crippen LogP contribution in [-0.2, 0) is 4.79 Å². The van der Waals surface area contributed by atoms with E-state index in [0.717, 1.165) is 50.6 Å². The van der Waals surface area contributed by atoms with E-state index < -0.39 is 0 Å². The number of hydrogen-bond acceptors (Lipinski definition) is 4. The summed E-state index contributed by atoms with van der Waals surface area (Å²) >= 11 is 0. The Labute approximate surface area is 126 Å². The van der Waals surface area contributed by atoms with Crippen LogP contribution in [0.4, 0.5) is 5.82 Å². The number of likely N-dealkylation sites (tertiary alicyclic amines) is 1.